The van der Waals surface area contributed by atoms with Gasteiger partial charge in [-0.1, -0.05) is 11.8 Å². The van der Waals surface area contributed by atoms with Crippen molar-refractivity contribution < 1.29 is 13.9 Å². The Hall–Kier alpha value is -2.61. The molecular formula is C17H18N4O3S. The average Bonchev–Trinajstić information content (AvgIpc) is 3.22. The van der Waals surface area contributed by atoms with Crippen LogP contribution >= 0.6 is 11.8 Å². The number of aryl methyl sites for hydroxylation is 1. The second-order valence-corrected chi connectivity index (χ2v) is 6.19. The number of carbonyl (C=O) groups excluding carboxylic acids is 1. The second kappa shape index (κ2) is 7.52. The van der Waals surface area contributed by atoms with E-state index in [1.54, 1.807) is 25.4 Å². The first-order chi connectivity index (χ1) is 12.1. The van der Waals surface area contributed by atoms with Gasteiger partial charge in [0.25, 0.3) is 0 Å². The molecule has 3 rings (SSSR count). The zero-order valence-corrected chi connectivity index (χ0v) is 15.0. The Balaban J connectivity index is 1.78. The maximum absolute atomic E-state index is 11.7. The zero-order valence-electron chi connectivity index (χ0n) is 14.2. The third-order valence-electron chi connectivity index (χ3n) is 3.69. The molecular weight excluding hydrogens is 340 g/mol. The maximum atomic E-state index is 11.7. The van der Waals surface area contributed by atoms with Gasteiger partial charge >= 0.3 is 5.97 Å². The summed E-state index contributed by atoms with van der Waals surface area (Å²) >= 11 is 1.51. The van der Waals surface area contributed by atoms with Crippen LogP contribution in [0.25, 0.3) is 11.4 Å². The van der Waals surface area contributed by atoms with Gasteiger partial charge in [0.15, 0.2) is 11.0 Å². The number of methoxy groups -OCH3 is 1. The van der Waals surface area contributed by atoms with Gasteiger partial charge in [-0.05, 0) is 32.0 Å². The highest BCUT2D eigenvalue weighted by Crippen LogP contribution is 2.27. The lowest BCUT2D eigenvalue weighted by atomic mass is 10.2. The summed E-state index contributed by atoms with van der Waals surface area (Å²) in [4.78, 5) is 15.7. The molecule has 7 nitrogen and oxygen atoms in total. The van der Waals surface area contributed by atoms with Crippen molar-refractivity contribution in [2.75, 3.05) is 7.11 Å². The highest BCUT2D eigenvalue weighted by molar-refractivity contribution is 7.98. The second-order valence-electron chi connectivity index (χ2n) is 5.25. The molecule has 3 aromatic rings. The minimum atomic E-state index is -0.394. The lowest BCUT2D eigenvalue weighted by molar-refractivity contribution is 0.0599. The Labute approximate surface area is 149 Å². The number of pyridine rings is 1. The number of hydrogen-bond acceptors (Lipinski definition) is 7. The molecule has 8 heteroatoms. The SMILES string of the molecule is CCn1c(SCc2cc(C(=O)OC)c(C)o2)nnc1-c1ccncc1. The average molecular weight is 358 g/mol. The molecule has 0 aliphatic rings. The third-order valence-corrected chi connectivity index (χ3v) is 4.68. The summed E-state index contributed by atoms with van der Waals surface area (Å²) in [5.41, 5.74) is 1.42. The molecule has 0 bridgehead atoms. The number of rotatable bonds is 6. The first-order valence-corrected chi connectivity index (χ1v) is 8.76. The van der Waals surface area contributed by atoms with Crippen molar-refractivity contribution in [1.29, 1.82) is 0 Å². The number of hydrogen-bond donors (Lipinski definition) is 0. The molecule has 0 aliphatic carbocycles. The van der Waals surface area contributed by atoms with Crippen molar-refractivity contribution in [3.8, 4) is 11.4 Å². The van der Waals surface area contributed by atoms with Crippen LogP contribution in [0, 0.1) is 6.92 Å². The van der Waals surface area contributed by atoms with Gasteiger partial charge < -0.3 is 13.7 Å². The smallest absolute Gasteiger partial charge is 0.341 e. The fraction of sp³-hybridized carbons (Fsp3) is 0.294. The van der Waals surface area contributed by atoms with E-state index in [0.717, 1.165) is 23.1 Å². The monoisotopic (exact) mass is 358 g/mol. The summed E-state index contributed by atoms with van der Waals surface area (Å²) in [7, 11) is 1.35. The first-order valence-electron chi connectivity index (χ1n) is 7.78. The lowest BCUT2D eigenvalue weighted by Gasteiger charge is -2.06. The molecule has 0 amide bonds. The zero-order chi connectivity index (χ0) is 17.8. The lowest BCUT2D eigenvalue weighted by Crippen LogP contribution is -2.00. The number of carbonyl (C=O) groups is 1. The van der Waals surface area contributed by atoms with Gasteiger partial charge in [0.1, 0.15) is 17.1 Å². The largest absolute Gasteiger partial charge is 0.465 e. The minimum absolute atomic E-state index is 0.394. The Morgan fingerprint density at radius 1 is 1.32 bits per heavy atom. The van der Waals surface area contributed by atoms with Crippen LogP contribution in [0.1, 0.15) is 28.8 Å². The fourth-order valence-electron chi connectivity index (χ4n) is 2.46. The normalized spacial score (nSPS) is 10.8. The van der Waals surface area contributed by atoms with E-state index >= 15 is 0 Å². The van der Waals surface area contributed by atoms with Crippen LogP contribution in [0.4, 0.5) is 0 Å². The van der Waals surface area contributed by atoms with E-state index in [1.807, 2.05) is 23.6 Å². The molecule has 0 aliphatic heterocycles. The van der Waals surface area contributed by atoms with Crippen LogP contribution in [0.3, 0.4) is 0 Å². The number of ether oxygens (including phenoxy) is 1. The number of aromatic nitrogens is 4. The van der Waals surface area contributed by atoms with E-state index < -0.39 is 5.97 Å². The Bertz CT molecular complexity index is 873. The molecule has 25 heavy (non-hydrogen) atoms. The summed E-state index contributed by atoms with van der Waals surface area (Å²) in [6.45, 7) is 4.54. The predicted octanol–water partition coefficient (Wildman–Crippen LogP) is 3.34. The summed E-state index contributed by atoms with van der Waals surface area (Å²) < 4.78 is 12.4. The molecule has 0 atom stereocenters. The van der Waals surface area contributed by atoms with Gasteiger partial charge in [-0.25, -0.2) is 4.79 Å². The quantitative estimate of drug-likeness (QED) is 0.493. The van der Waals surface area contributed by atoms with E-state index in [1.165, 1.54) is 18.9 Å². The summed E-state index contributed by atoms with van der Waals surface area (Å²) in [5, 5.41) is 9.37. The van der Waals surface area contributed by atoms with Gasteiger partial charge in [0.2, 0.25) is 0 Å². The molecule has 0 unspecified atom stereocenters. The molecule has 0 fully saturated rings. The maximum Gasteiger partial charge on any atom is 0.341 e. The highest BCUT2D eigenvalue weighted by Gasteiger charge is 2.17. The highest BCUT2D eigenvalue weighted by atomic mass is 32.2. The minimum Gasteiger partial charge on any atom is -0.465 e. The molecule has 3 aromatic heterocycles. The van der Waals surface area contributed by atoms with Gasteiger partial charge in [-0.2, -0.15) is 0 Å². The van der Waals surface area contributed by atoms with Crippen LogP contribution in [0.2, 0.25) is 0 Å². The van der Waals surface area contributed by atoms with E-state index in [0.29, 0.717) is 22.8 Å². The molecule has 0 radical (unpaired) electrons. The number of esters is 1. The van der Waals surface area contributed by atoms with E-state index in [2.05, 4.69) is 15.2 Å². The number of nitrogens with zero attached hydrogens (tertiary/aromatic N) is 4. The van der Waals surface area contributed by atoms with E-state index in [-0.39, 0.29) is 0 Å². The molecule has 0 spiro atoms. The third kappa shape index (κ3) is 3.58. The molecule has 0 N–H and O–H groups in total. The van der Waals surface area contributed by atoms with Crippen molar-refractivity contribution in [2.45, 2.75) is 31.3 Å². The number of furan rings is 1. The first kappa shape index (κ1) is 17.2. The Morgan fingerprint density at radius 3 is 2.76 bits per heavy atom. The van der Waals surface area contributed by atoms with Crippen molar-refractivity contribution in [3.05, 3.63) is 47.7 Å². The van der Waals surface area contributed by atoms with Crippen LogP contribution in [0.15, 0.2) is 40.2 Å². The predicted molar refractivity (Wildman–Crippen MR) is 93.3 cm³/mol. The Kier molecular flexibility index (Phi) is 5.18. The van der Waals surface area contributed by atoms with Crippen molar-refractivity contribution >= 4 is 17.7 Å². The topological polar surface area (TPSA) is 83.0 Å². The summed E-state index contributed by atoms with van der Waals surface area (Å²) in [5.74, 6) is 2.20. The van der Waals surface area contributed by atoms with Crippen molar-refractivity contribution in [3.63, 3.8) is 0 Å². The van der Waals surface area contributed by atoms with E-state index in [9.17, 15) is 4.79 Å². The van der Waals surface area contributed by atoms with Gasteiger partial charge in [0, 0.05) is 24.5 Å². The van der Waals surface area contributed by atoms with Gasteiger partial charge in [-0.15, -0.1) is 10.2 Å². The van der Waals surface area contributed by atoms with Crippen molar-refractivity contribution in [2.24, 2.45) is 0 Å². The molecule has 0 saturated carbocycles. The van der Waals surface area contributed by atoms with Gasteiger partial charge in [-0.3, -0.25) is 4.98 Å². The summed E-state index contributed by atoms with van der Waals surface area (Å²) in [6, 6.07) is 5.52. The molecule has 130 valence electrons. The van der Waals surface area contributed by atoms with Crippen molar-refractivity contribution in [1.82, 2.24) is 19.7 Å². The van der Waals surface area contributed by atoms with Crippen LogP contribution < -0.4 is 0 Å². The van der Waals surface area contributed by atoms with Crippen LogP contribution in [0.5, 0.6) is 0 Å². The van der Waals surface area contributed by atoms with Gasteiger partial charge in [0.05, 0.1) is 12.9 Å². The Morgan fingerprint density at radius 2 is 2.08 bits per heavy atom. The molecule has 3 heterocycles. The van der Waals surface area contributed by atoms with E-state index in [4.69, 9.17) is 9.15 Å². The summed E-state index contributed by atoms with van der Waals surface area (Å²) in [6.07, 6.45) is 3.47. The molecule has 0 saturated heterocycles. The standard InChI is InChI=1S/C17H18N4O3S/c1-4-21-15(12-5-7-18-8-6-12)19-20-17(21)25-10-13-9-14(11(2)24-13)16(22)23-3/h5-9H,4,10H2,1-3H3. The number of thioether (sulfide) groups is 1. The fourth-order valence-corrected chi connectivity index (χ4v) is 3.34. The van der Waals surface area contributed by atoms with Crippen LogP contribution in [-0.2, 0) is 17.0 Å². The molecule has 0 aromatic carbocycles. The van der Waals surface area contributed by atoms with Crippen LogP contribution in [-0.4, -0.2) is 32.8 Å².